The Balaban J connectivity index is 1.47. The van der Waals surface area contributed by atoms with E-state index in [1.807, 2.05) is 0 Å². The van der Waals surface area contributed by atoms with E-state index in [0.29, 0.717) is 5.92 Å². The summed E-state index contributed by atoms with van der Waals surface area (Å²) in [5, 5.41) is 6.93. The normalized spacial score (nSPS) is 23.3. The maximum atomic E-state index is 6.16. The van der Waals surface area contributed by atoms with Gasteiger partial charge in [-0.1, -0.05) is 29.8 Å². The number of guanidine groups is 1. The SMILES string of the molecule is CCNC(=NCC1CCCOC1c1ccc(C)cc1)NCCCCN1CCCC1. The third-order valence-corrected chi connectivity index (χ3v) is 6.07. The van der Waals surface area contributed by atoms with Crippen LogP contribution in [-0.2, 0) is 4.74 Å². The minimum Gasteiger partial charge on any atom is -0.373 e. The molecular formula is C24H40N4O. The fourth-order valence-corrected chi connectivity index (χ4v) is 4.38. The minimum atomic E-state index is 0.163. The molecule has 0 amide bonds. The summed E-state index contributed by atoms with van der Waals surface area (Å²) in [6.45, 7) is 11.6. The lowest BCUT2D eigenvalue weighted by Gasteiger charge is -2.31. The summed E-state index contributed by atoms with van der Waals surface area (Å²) >= 11 is 0. The van der Waals surface area contributed by atoms with Crippen LogP contribution < -0.4 is 10.6 Å². The molecule has 0 aromatic heterocycles. The van der Waals surface area contributed by atoms with Crippen LogP contribution in [0.5, 0.6) is 0 Å². The van der Waals surface area contributed by atoms with Crippen molar-refractivity contribution in [2.75, 3.05) is 45.9 Å². The second-order valence-corrected chi connectivity index (χ2v) is 8.51. The van der Waals surface area contributed by atoms with Crippen LogP contribution in [0.25, 0.3) is 0 Å². The van der Waals surface area contributed by atoms with Crippen LogP contribution in [0.4, 0.5) is 0 Å². The molecule has 3 rings (SSSR count). The second-order valence-electron chi connectivity index (χ2n) is 8.51. The van der Waals surface area contributed by atoms with Crippen LogP contribution >= 0.6 is 0 Å². The van der Waals surface area contributed by atoms with Crippen LogP contribution in [-0.4, -0.2) is 56.7 Å². The van der Waals surface area contributed by atoms with E-state index in [1.54, 1.807) is 0 Å². The Bertz CT molecular complexity index is 610. The molecule has 29 heavy (non-hydrogen) atoms. The first-order valence-electron chi connectivity index (χ1n) is 11.7. The second kappa shape index (κ2) is 12.2. The van der Waals surface area contributed by atoms with Gasteiger partial charge in [-0.15, -0.1) is 0 Å². The highest BCUT2D eigenvalue weighted by atomic mass is 16.5. The van der Waals surface area contributed by atoms with Crippen molar-refractivity contribution in [2.24, 2.45) is 10.9 Å². The molecule has 1 aromatic carbocycles. The van der Waals surface area contributed by atoms with Gasteiger partial charge in [0.15, 0.2) is 5.96 Å². The molecule has 2 saturated heterocycles. The zero-order valence-electron chi connectivity index (χ0n) is 18.5. The van der Waals surface area contributed by atoms with Crippen LogP contribution in [0.2, 0.25) is 0 Å². The summed E-state index contributed by atoms with van der Waals surface area (Å²) < 4.78 is 6.16. The van der Waals surface area contributed by atoms with Crippen molar-refractivity contribution in [3.05, 3.63) is 35.4 Å². The van der Waals surface area contributed by atoms with Gasteiger partial charge in [-0.3, -0.25) is 4.99 Å². The molecule has 5 nitrogen and oxygen atoms in total. The molecule has 0 saturated carbocycles. The van der Waals surface area contributed by atoms with Crippen LogP contribution in [0.15, 0.2) is 29.3 Å². The molecule has 2 aliphatic rings. The van der Waals surface area contributed by atoms with Crippen LogP contribution in [0.3, 0.4) is 0 Å². The number of rotatable bonds is 9. The Kier molecular flexibility index (Phi) is 9.29. The summed E-state index contributed by atoms with van der Waals surface area (Å²) in [6, 6.07) is 8.79. The molecule has 1 aromatic rings. The quantitative estimate of drug-likeness (QED) is 0.375. The molecule has 5 heteroatoms. The number of nitrogens with zero attached hydrogens (tertiary/aromatic N) is 2. The van der Waals surface area contributed by atoms with Crippen LogP contribution in [0.1, 0.15) is 62.7 Å². The number of hydrogen-bond acceptors (Lipinski definition) is 3. The van der Waals surface area contributed by atoms with E-state index in [-0.39, 0.29) is 6.10 Å². The summed E-state index contributed by atoms with van der Waals surface area (Å²) in [5.41, 5.74) is 2.58. The zero-order chi connectivity index (χ0) is 20.3. The fourth-order valence-electron chi connectivity index (χ4n) is 4.38. The molecule has 0 spiro atoms. The van der Waals surface area contributed by atoms with Gasteiger partial charge >= 0.3 is 0 Å². The first-order chi connectivity index (χ1) is 14.3. The molecule has 0 radical (unpaired) electrons. The zero-order valence-corrected chi connectivity index (χ0v) is 18.5. The van der Waals surface area contributed by atoms with E-state index in [0.717, 1.165) is 38.6 Å². The fraction of sp³-hybridized carbons (Fsp3) is 0.708. The van der Waals surface area contributed by atoms with Gasteiger partial charge in [0.05, 0.1) is 6.10 Å². The Hall–Kier alpha value is -1.59. The molecule has 2 atom stereocenters. The lowest BCUT2D eigenvalue weighted by Crippen LogP contribution is -2.38. The van der Waals surface area contributed by atoms with Crippen molar-refractivity contribution in [2.45, 2.75) is 58.5 Å². The lowest BCUT2D eigenvalue weighted by atomic mass is 9.89. The van der Waals surface area contributed by atoms with Crippen molar-refractivity contribution in [3.63, 3.8) is 0 Å². The van der Waals surface area contributed by atoms with Crippen molar-refractivity contribution >= 4 is 5.96 Å². The Morgan fingerprint density at radius 2 is 1.90 bits per heavy atom. The highest BCUT2D eigenvalue weighted by molar-refractivity contribution is 5.79. The average molecular weight is 401 g/mol. The summed E-state index contributed by atoms with van der Waals surface area (Å²) in [5.74, 6) is 1.39. The van der Waals surface area contributed by atoms with Gasteiger partial charge in [-0.05, 0) is 77.6 Å². The molecule has 0 bridgehead atoms. The monoisotopic (exact) mass is 400 g/mol. The smallest absolute Gasteiger partial charge is 0.191 e. The van der Waals surface area contributed by atoms with E-state index >= 15 is 0 Å². The molecule has 2 aliphatic heterocycles. The van der Waals surface area contributed by atoms with Gasteiger partial charge < -0.3 is 20.3 Å². The van der Waals surface area contributed by atoms with Crippen molar-refractivity contribution in [1.29, 1.82) is 0 Å². The number of likely N-dealkylation sites (tertiary alicyclic amines) is 1. The number of aliphatic imine (C=N–C) groups is 1. The maximum absolute atomic E-state index is 6.16. The van der Waals surface area contributed by atoms with E-state index in [2.05, 4.69) is 53.6 Å². The Labute approximate surface area is 177 Å². The Morgan fingerprint density at radius 1 is 1.10 bits per heavy atom. The number of nitrogens with one attached hydrogen (secondary N) is 2. The van der Waals surface area contributed by atoms with Gasteiger partial charge in [0, 0.05) is 32.2 Å². The summed E-state index contributed by atoms with van der Waals surface area (Å²) in [4.78, 5) is 7.50. The first-order valence-corrected chi connectivity index (χ1v) is 11.7. The first kappa shape index (κ1) is 22.1. The van der Waals surface area contributed by atoms with Gasteiger partial charge in [-0.25, -0.2) is 0 Å². The topological polar surface area (TPSA) is 48.9 Å². The summed E-state index contributed by atoms with van der Waals surface area (Å²) in [7, 11) is 0. The van der Waals surface area contributed by atoms with Gasteiger partial charge in [-0.2, -0.15) is 0 Å². The third kappa shape index (κ3) is 7.31. The molecule has 2 heterocycles. The molecule has 2 unspecified atom stereocenters. The summed E-state index contributed by atoms with van der Waals surface area (Å²) in [6.07, 6.45) is 7.68. The maximum Gasteiger partial charge on any atom is 0.191 e. The number of hydrogen-bond donors (Lipinski definition) is 2. The van der Waals surface area contributed by atoms with Crippen molar-refractivity contribution in [1.82, 2.24) is 15.5 Å². The van der Waals surface area contributed by atoms with Gasteiger partial charge in [0.1, 0.15) is 0 Å². The largest absolute Gasteiger partial charge is 0.373 e. The lowest BCUT2D eigenvalue weighted by molar-refractivity contribution is -0.0250. The minimum absolute atomic E-state index is 0.163. The van der Waals surface area contributed by atoms with E-state index in [1.165, 1.54) is 62.9 Å². The number of aryl methyl sites for hydroxylation is 1. The van der Waals surface area contributed by atoms with Crippen molar-refractivity contribution in [3.8, 4) is 0 Å². The highest BCUT2D eigenvalue weighted by Gasteiger charge is 2.27. The number of benzene rings is 1. The average Bonchev–Trinajstić information content (AvgIpc) is 3.26. The molecule has 2 N–H and O–H groups in total. The predicted octanol–water partition coefficient (Wildman–Crippen LogP) is 3.89. The molecule has 2 fully saturated rings. The third-order valence-electron chi connectivity index (χ3n) is 6.07. The number of ether oxygens (including phenoxy) is 1. The van der Waals surface area contributed by atoms with Gasteiger partial charge in [0.2, 0.25) is 0 Å². The van der Waals surface area contributed by atoms with Crippen LogP contribution in [0, 0.1) is 12.8 Å². The van der Waals surface area contributed by atoms with E-state index in [4.69, 9.17) is 9.73 Å². The number of unbranched alkanes of at least 4 members (excludes halogenated alkanes) is 1. The standard InChI is InChI=1S/C24H40N4O/c1-3-25-24(26-14-4-5-15-28-16-6-7-17-28)27-19-22-9-8-18-29-23(22)21-12-10-20(2)11-13-21/h10-13,22-23H,3-9,14-19H2,1-2H3,(H2,25,26,27). The van der Waals surface area contributed by atoms with Crippen molar-refractivity contribution < 1.29 is 4.74 Å². The van der Waals surface area contributed by atoms with Gasteiger partial charge in [0.25, 0.3) is 0 Å². The highest BCUT2D eigenvalue weighted by Crippen LogP contribution is 2.33. The van der Waals surface area contributed by atoms with E-state index < -0.39 is 0 Å². The Morgan fingerprint density at radius 3 is 2.66 bits per heavy atom. The predicted molar refractivity (Wildman–Crippen MR) is 121 cm³/mol. The molecule has 0 aliphatic carbocycles. The molecular weight excluding hydrogens is 360 g/mol. The van der Waals surface area contributed by atoms with E-state index in [9.17, 15) is 0 Å². The molecule has 162 valence electrons.